The van der Waals surface area contributed by atoms with E-state index in [9.17, 15) is 0 Å². The molecule has 0 aliphatic carbocycles. The second-order valence-corrected chi connectivity index (χ2v) is 10.4. The number of rotatable bonds is 8. The smallest absolute Gasteiger partial charge is 0.170 e. The molecule has 0 bridgehead atoms. The molecule has 1 fully saturated rings. The zero-order valence-corrected chi connectivity index (χ0v) is 22.8. The Balaban J connectivity index is 1.47. The van der Waals surface area contributed by atoms with Crippen LogP contribution in [0.25, 0.3) is 5.69 Å². The standard InChI is InChI=1S/C31H35N5S/c1-21-17-22(2)19-26(18-21)36-23(3)20-27(24(36)4)30-29(28-13-8-9-14-33-28)34-31(37)35(30)16-10-15-32-25-11-6-5-7-12-25/h5-9,11-14,17-20,29-30,32H,10,15-16H2,1-4H3,(H,34,37)/t29-,30-/m0/s1. The van der Waals surface area contributed by atoms with Crippen LogP contribution in [0.2, 0.25) is 0 Å². The highest BCUT2D eigenvalue weighted by Gasteiger charge is 2.41. The molecule has 0 saturated carbocycles. The molecule has 1 saturated heterocycles. The van der Waals surface area contributed by atoms with E-state index in [1.165, 1.54) is 33.8 Å². The molecule has 2 aromatic carbocycles. The van der Waals surface area contributed by atoms with Crippen molar-refractivity contribution in [2.45, 2.75) is 46.2 Å². The van der Waals surface area contributed by atoms with Gasteiger partial charge >= 0.3 is 0 Å². The van der Waals surface area contributed by atoms with Crippen molar-refractivity contribution in [1.82, 2.24) is 19.8 Å². The van der Waals surface area contributed by atoms with Crippen LogP contribution in [0.3, 0.4) is 0 Å². The minimum Gasteiger partial charge on any atom is -0.385 e. The second-order valence-electron chi connectivity index (χ2n) is 9.97. The van der Waals surface area contributed by atoms with E-state index in [-0.39, 0.29) is 12.1 Å². The number of aryl methyl sites for hydroxylation is 3. The predicted octanol–water partition coefficient (Wildman–Crippen LogP) is 6.58. The monoisotopic (exact) mass is 509 g/mol. The average molecular weight is 510 g/mol. The van der Waals surface area contributed by atoms with Crippen LogP contribution in [0.4, 0.5) is 5.69 Å². The Hall–Kier alpha value is -3.64. The molecule has 2 atom stereocenters. The van der Waals surface area contributed by atoms with Gasteiger partial charge in [0.2, 0.25) is 0 Å². The summed E-state index contributed by atoms with van der Waals surface area (Å²) < 4.78 is 2.38. The van der Waals surface area contributed by atoms with E-state index in [1.807, 2.05) is 18.3 Å². The van der Waals surface area contributed by atoms with Crippen LogP contribution in [0.1, 0.15) is 52.3 Å². The normalized spacial score (nSPS) is 17.2. The summed E-state index contributed by atoms with van der Waals surface area (Å²) >= 11 is 5.91. The Kier molecular flexibility index (Phi) is 7.28. The second kappa shape index (κ2) is 10.8. The van der Waals surface area contributed by atoms with Crippen LogP contribution in [0.5, 0.6) is 0 Å². The van der Waals surface area contributed by atoms with Crippen molar-refractivity contribution in [3.05, 3.63) is 113 Å². The lowest BCUT2D eigenvalue weighted by molar-refractivity contribution is 0.315. The van der Waals surface area contributed by atoms with E-state index in [2.05, 4.69) is 108 Å². The molecule has 1 aliphatic heterocycles. The van der Waals surface area contributed by atoms with Gasteiger partial charge in [0, 0.05) is 42.0 Å². The molecule has 5 nitrogen and oxygen atoms in total. The zero-order chi connectivity index (χ0) is 25.9. The summed E-state index contributed by atoms with van der Waals surface area (Å²) in [7, 11) is 0. The number of hydrogen-bond acceptors (Lipinski definition) is 3. The number of nitrogens with one attached hydrogen (secondary N) is 2. The van der Waals surface area contributed by atoms with Crippen LogP contribution < -0.4 is 10.6 Å². The molecule has 37 heavy (non-hydrogen) atoms. The Morgan fingerprint density at radius 1 is 0.919 bits per heavy atom. The molecule has 2 aromatic heterocycles. The molecule has 0 spiro atoms. The summed E-state index contributed by atoms with van der Waals surface area (Å²) in [6.07, 6.45) is 2.83. The van der Waals surface area contributed by atoms with E-state index in [0.29, 0.717) is 0 Å². The van der Waals surface area contributed by atoms with E-state index in [1.54, 1.807) is 0 Å². The van der Waals surface area contributed by atoms with Crippen LogP contribution >= 0.6 is 12.2 Å². The largest absolute Gasteiger partial charge is 0.385 e. The van der Waals surface area contributed by atoms with Gasteiger partial charge in [0.05, 0.1) is 17.8 Å². The minimum atomic E-state index is -0.0102. The van der Waals surface area contributed by atoms with E-state index in [0.717, 1.165) is 36.0 Å². The first-order valence-electron chi connectivity index (χ1n) is 13.0. The highest BCUT2D eigenvalue weighted by atomic mass is 32.1. The zero-order valence-electron chi connectivity index (χ0n) is 22.0. The van der Waals surface area contributed by atoms with Gasteiger partial charge in [0.1, 0.15) is 0 Å². The van der Waals surface area contributed by atoms with Crippen LogP contribution in [-0.4, -0.2) is 32.7 Å². The predicted molar refractivity (Wildman–Crippen MR) is 156 cm³/mol. The number of thiocarbonyl (C=S) groups is 1. The highest BCUT2D eigenvalue weighted by Crippen LogP contribution is 2.41. The quantitative estimate of drug-likeness (QED) is 0.207. The number of para-hydroxylation sites is 1. The molecule has 4 aromatic rings. The molecule has 3 heterocycles. The lowest BCUT2D eigenvalue weighted by Gasteiger charge is -2.28. The molecule has 6 heteroatoms. The Labute approximate surface area is 225 Å². The van der Waals surface area contributed by atoms with Crippen LogP contribution in [-0.2, 0) is 0 Å². The summed E-state index contributed by atoms with van der Waals surface area (Å²) in [5.41, 5.74) is 9.66. The van der Waals surface area contributed by atoms with Gasteiger partial charge < -0.3 is 20.1 Å². The Morgan fingerprint density at radius 2 is 1.65 bits per heavy atom. The van der Waals surface area contributed by atoms with Crippen molar-refractivity contribution >= 4 is 23.0 Å². The number of aromatic nitrogens is 2. The number of hydrogen-bond donors (Lipinski definition) is 2. The first-order chi connectivity index (χ1) is 17.9. The molecule has 0 radical (unpaired) electrons. The summed E-state index contributed by atoms with van der Waals surface area (Å²) in [6.45, 7) is 10.5. The van der Waals surface area contributed by atoms with Gasteiger partial charge in [-0.05, 0) is 105 Å². The molecule has 0 amide bonds. The highest BCUT2D eigenvalue weighted by molar-refractivity contribution is 7.80. The summed E-state index contributed by atoms with van der Waals surface area (Å²) in [5.74, 6) is 0. The molecule has 5 rings (SSSR count). The number of anilines is 1. The average Bonchev–Trinajstić information content (AvgIpc) is 3.37. The SMILES string of the molecule is Cc1cc(C)cc(-n2c(C)cc([C@H]3[C@H](c4ccccn4)NC(=S)N3CCCNc3ccccc3)c2C)c1. The number of pyridine rings is 1. The van der Waals surface area contributed by atoms with E-state index >= 15 is 0 Å². The molecule has 1 aliphatic rings. The Bertz CT molecular complexity index is 1360. The maximum Gasteiger partial charge on any atom is 0.170 e. The first-order valence-corrected chi connectivity index (χ1v) is 13.4. The summed E-state index contributed by atoms with van der Waals surface area (Å²) in [4.78, 5) is 7.07. The third-order valence-corrected chi connectivity index (χ3v) is 7.48. The van der Waals surface area contributed by atoms with E-state index < -0.39 is 0 Å². The molecule has 190 valence electrons. The molecule has 0 unspecified atom stereocenters. The van der Waals surface area contributed by atoms with Gasteiger partial charge in [-0.2, -0.15) is 0 Å². The fourth-order valence-corrected chi connectivity index (χ4v) is 5.92. The lowest BCUT2D eigenvalue weighted by atomic mass is 9.96. The van der Waals surface area contributed by atoms with Gasteiger partial charge in [0.25, 0.3) is 0 Å². The molecular weight excluding hydrogens is 474 g/mol. The Morgan fingerprint density at radius 3 is 2.35 bits per heavy atom. The minimum absolute atomic E-state index is 0.0102. The first kappa shape index (κ1) is 25.0. The van der Waals surface area contributed by atoms with Crippen molar-refractivity contribution in [1.29, 1.82) is 0 Å². The summed E-state index contributed by atoms with van der Waals surface area (Å²) in [6, 6.07) is 25.6. The van der Waals surface area contributed by atoms with Crippen molar-refractivity contribution in [2.75, 3.05) is 18.4 Å². The molecular formula is C31H35N5S. The van der Waals surface area contributed by atoms with Gasteiger partial charge in [-0.15, -0.1) is 0 Å². The van der Waals surface area contributed by atoms with Crippen LogP contribution in [0.15, 0.2) is 79.0 Å². The molecule has 2 N–H and O–H groups in total. The van der Waals surface area contributed by atoms with Gasteiger partial charge in [-0.3, -0.25) is 4.98 Å². The number of nitrogens with zero attached hydrogens (tertiary/aromatic N) is 3. The third kappa shape index (κ3) is 5.25. The maximum atomic E-state index is 5.91. The van der Waals surface area contributed by atoms with Crippen molar-refractivity contribution in [3.8, 4) is 5.69 Å². The van der Waals surface area contributed by atoms with Crippen LogP contribution in [0, 0.1) is 27.7 Å². The van der Waals surface area contributed by atoms with Gasteiger partial charge in [-0.25, -0.2) is 0 Å². The fourth-order valence-electron chi connectivity index (χ4n) is 5.59. The van der Waals surface area contributed by atoms with Crippen molar-refractivity contribution in [3.63, 3.8) is 0 Å². The fraction of sp³-hybridized carbons (Fsp3) is 0.290. The van der Waals surface area contributed by atoms with Gasteiger partial charge in [-0.1, -0.05) is 30.3 Å². The number of benzene rings is 2. The topological polar surface area (TPSA) is 45.1 Å². The lowest BCUT2D eigenvalue weighted by Crippen LogP contribution is -2.31. The third-order valence-electron chi connectivity index (χ3n) is 7.13. The maximum absolute atomic E-state index is 5.91. The van der Waals surface area contributed by atoms with Gasteiger partial charge in [0.15, 0.2) is 5.11 Å². The summed E-state index contributed by atoms with van der Waals surface area (Å²) in [5, 5.41) is 7.93. The van der Waals surface area contributed by atoms with Crippen molar-refractivity contribution < 1.29 is 0 Å². The van der Waals surface area contributed by atoms with Crippen molar-refractivity contribution in [2.24, 2.45) is 0 Å². The van der Waals surface area contributed by atoms with E-state index in [4.69, 9.17) is 17.2 Å².